The molecular formula is C16H11F5N4O2S. The van der Waals surface area contributed by atoms with Gasteiger partial charge in [-0.3, -0.25) is 4.98 Å². The Morgan fingerprint density at radius 2 is 1.82 bits per heavy atom. The van der Waals surface area contributed by atoms with E-state index in [1.165, 1.54) is 24.5 Å². The van der Waals surface area contributed by atoms with E-state index in [-0.39, 0.29) is 22.8 Å². The third-order valence-electron chi connectivity index (χ3n) is 3.42. The van der Waals surface area contributed by atoms with Crippen molar-refractivity contribution in [2.45, 2.75) is 11.9 Å². The quantitative estimate of drug-likeness (QED) is 0.588. The Morgan fingerprint density at radius 3 is 2.36 bits per heavy atom. The second kappa shape index (κ2) is 7.26. The summed E-state index contributed by atoms with van der Waals surface area (Å²) in [6.45, 7) is 0. The fraction of sp³-hybridized carbons (Fsp3) is 0.188. The number of rotatable bonds is 4. The molecule has 3 rings (SSSR count). The molecule has 0 fully saturated rings. The van der Waals surface area contributed by atoms with E-state index in [4.69, 9.17) is 0 Å². The Hall–Kier alpha value is -2.89. The van der Waals surface area contributed by atoms with Crippen LogP contribution in [0.3, 0.4) is 0 Å². The molecule has 0 bridgehead atoms. The molecule has 3 aromatic rings. The molecule has 0 saturated heterocycles. The average molecular weight is 418 g/mol. The van der Waals surface area contributed by atoms with Gasteiger partial charge in [0.05, 0.1) is 27.4 Å². The lowest BCUT2D eigenvalue weighted by Gasteiger charge is -2.07. The van der Waals surface area contributed by atoms with Gasteiger partial charge in [0, 0.05) is 11.8 Å². The molecule has 6 nitrogen and oxygen atoms in total. The Morgan fingerprint density at radius 1 is 1.14 bits per heavy atom. The lowest BCUT2D eigenvalue weighted by molar-refractivity contribution is -0.159. The number of aromatic nitrogens is 3. The molecular weight excluding hydrogens is 407 g/mol. The van der Waals surface area contributed by atoms with Gasteiger partial charge in [-0.15, -0.1) is 0 Å². The zero-order chi connectivity index (χ0) is 20.5. The highest BCUT2D eigenvalue weighted by Gasteiger charge is 2.38. The fourth-order valence-corrected chi connectivity index (χ4v) is 3.64. The summed E-state index contributed by atoms with van der Waals surface area (Å²) in [6, 6.07) is 5.85. The molecule has 12 heteroatoms. The van der Waals surface area contributed by atoms with Crippen LogP contribution in [-0.4, -0.2) is 25.6 Å². The van der Waals surface area contributed by atoms with Crippen molar-refractivity contribution < 1.29 is 30.7 Å². The second-order valence-corrected chi connectivity index (χ2v) is 8.11. The maximum absolute atomic E-state index is 13.7. The smallest absolute Gasteiger partial charge is 0.329 e. The summed E-state index contributed by atoms with van der Waals surface area (Å²) in [7, 11) is -3.07. The molecule has 0 saturated carbocycles. The van der Waals surface area contributed by atoms with Crippen molar-refractivity contribution in [2.75, 3.05) is 6.26 Å². The van der Waals surface area contributed by atoms with Gasteiger partial charge in [-0.25, -0.2) is 13.0 Å². The Bertz CT molecular complexity index is 1100. The highest BCUT2D eigenvalue weighted by molar-refractivity contribution is 7.92. The average Bonchev–Trinajstić information content (AvgIpc) is 3.09. The maximum atomic E-state index is 13.7. The first-order chi connectivity index (χ1) is 13.0. The largest absolute Gasteiger partial charge is 0.471 e. The zero-order valence-corrected chi connectivity index (χ0v) is 14.9. The molecule has 2 aromatic heterocycles. The molecule has 2 heterocycles. The minimum atomic E-state index is -4.78. The summed E-state index contributed by atoms with van der Waals surface area (Å²) in [5, 5.41) is 3.19. The molecule has 1 unspecified atom stereocenters. The molecule has 0 aliphatic carbocycles. The van der Waals surface area contributed by atoms with E-state index in [0.29, 0.717) is 0 Å². The monoisotopic (exact) mass is 418 g/mol. The van der Waals surface area contributed by atoms with Gasteiger partial charge in [0.2, 0.25) is 5.82 Å². The third kappa shape index (κ3) is 4.50. The van der Waals surface area contributed by atoms with E-state index in [1.54, 1.807) is 0 Å². The van der Waals surface area contributed by atoms with Gasteiger partial charge in [-0.1, -0.05) is 11.2 Å². The van der Waals surface area contributed by atoms with Crippen LogP contribution in [0.1, 0.15) is 11.5 Å². The molecule has 0 amide bonds. The highest BCUT2D eigenvalue weighted by Crippen LogP contribution is 2.29. The summed E-state index contributed by atoms with van der Waals surface area (Å²) in [4.78, 5) is 7.05. The minimum Gasteiger partial charge on any atom is -0.329 e. The van der Waals surface area contributed by atoms with Gasteiger partial charge in [0.1, 0.15) is 17.3 Å². The molecule has 0 N–H and O–H groups in total. The predicted molar refractivity (Wildman–Crippen MR) is 88.7 cm³/mol. The maximum Gasteiger partial charge on any atom is 0.471 e. The zero-order valence-electron chi connectivity index (χ0n) is 14.1. The standard InChI is InChI=1S/C16H11F5N4O2S/c1-28(26,8-10-11(17)3-2-4-12(10)18)25-9-5-6-13(22-7-9)14-23-15(27-24-14)16(19,20)21/h2-7H,8H2,1H3. The van der Waals surface area contributed by atoms with Crippen molar-refractivity contribution in [1.82, 2.24) is 15.1 Å². The fourth-order valence-electron chi connectivity index (χ4n) is 2.21. The Labute approximate surface area is 155 Å². The Balaban J connectivity index is 1.85. The minimum absolute atomic E-state index is 0.0269. The lowest BCUT2D eigenvalue weighted by atomic mass is 10.2. The normalized spacial score (nSPS) is 13.9. The van der Waals surface area contributed by atoms with E-state index in [9.17, 15) is 26.2 Å². The van der Waals surface area contributed by atoms with Gasteiger partial charge in [-0.2, -0.15) is 22.5 Å². The van der Waals surface area contributed by atoms with Gasteiger partial charge >= 0.3 is 12.1 Å². The summed E-state index contributed by atoms with van der Waals surface area (Å²) >= 11 is 0. The lowest BCUT2D eigenvalue weighted by Crippen LogP contribution is -2.05. The van der Waals surface area contributed by atoms with Crippen molar-refractivity contribution in [3.05, 3.63) is 59.6 Å². The number of nitrogens with zero attached hydrogens (tertiary/aromatic N) is 4. The first-order valence-corrected chi connectivity index (χ1v) is 9.64. The van der Waals surface area contributed by atoms with Crippen molar-refractivity contribution in [3.8, 4) is 11.5 Å². The molecule has 0 spiro atoms. The molecule has 28 heavy (non-hydrogen) atoms. The Kier molecular flexibility index (Phi) is 5.15. The van der Waals surface area contributed by atoms with E-state index >= 15 is 0 Å². The van der Waals surface area contributed by atoms with Crippen molar-refractivity contribution >= 4 is 15.4 Å². The van der Waals surface area contributed by atoms with Crippen LogP contribution < -0.4 is 0 Å². The van der Waals surface area contributed by atoms with E-state index in [2.05, 4.69) is 24.0 Å². The number of halogens is 5. The second-order valence-electron chi connectivity index (χ2n) is 5.72. The molecule has 1 atom stereocenters. The number of hydrogen-bond donors (Lipinski definition) is 0. The summed E-state index contributed by atoms with van der Waals surface area (Å²) in [5.74, 6) is -4.04. The molecule has 1 aromatic carbocycles. The van der Waals surface area contributed by atoms with Gasteiger partial charge in [0.25, 0.3) is 0 Å². The summed E-state index contributed by atoms with van der Waals surface area (Å²) in [6.07, 6.45) is -2.43. The summed E-state index contributed by atoms with van der Waals surface area (Å²) < 4.78 is 85.6. The molecule has 0 aliphatic heterocycles. The highest BCUT2D eigenvalue weighted by atomic mass is 32.2. The first-order valence-electron chi connectivity index (χ1n) is 7.55. The van der Waals surface area contributed by atoms with Crippen LogP contribution in [0.2, 0.25) is 0 Å². The van der Waals surface area contributed by atoms with Crippen LogP contribution in [-0.2, 0) is 21.7 Å². The third-order valence-corrected chi connectivity index (χ3v) is 4.84. The molecule has 148 valence electrons. The van der Waals surface area contributed by atoms with E-state index < -0.39 is 39.2 Å². The number of benzene rings is 1. The van der Waals surface area contributed by atoms with Crippen molar-refractivity contribution in [3.63, 3.8) is 0 Å². The van der Waals surface area contributed by atoms with Crippen molar-refractivity contribution in [1.29, 1.82) is 0 Å². The topological polar surface area (TPSA) is 81.2 Å². The number of alkyl halides is 3. The van der Waals surface area contributed by atoms with Gasteiger partial charge < -0.3 is 4.52 Å². The molecule has 0 aliphatic rings. The van der Waals surface area contributed by atoms with Crippen LogP contribution in [0, 0.1) is 11.6 Å². The number of pyridine rings is 1. The van der Waals surface area contributed by atoms with Crippen LogP contribution in [0.15, 0.2) is 45.4 Å². The van der Waals surface area contributed by atoms with Crippen LogP contribution >= 0.6 is 0 Å². The van der Waals surface area contributed by atoms with E-state index in [1.807, 2.05) is 0 Å². The first kappa shape index (κ1) is 19.9. The van der Waals surface area contributed by atoms with E-state index in [0.717, 1.165) is 18.3 Å². The van der Waals surface area contributed by atoms with Crippen LogP contribution in [0.25, 0.3) is 11.5 Å². The van der Waals surface area contributed by atoms with Gasteiger partial charge in [-0.05, 0) is 24.3 Å². The van der Waals surface area contributed by atoms with Crippen LogP contribution in [0.4, 0.5) is 27.6 Å². The van der Waals surface area contributed by atoms with Crippen LogP contribution in [0.5, 0.6) is 0 Å². The molecule has 0 radical (unpaired) electrons. The van der Waals surface area contributed by atoms with Crippen molar-refractivity contribution in [2.24, 2.45) is 4.36 Å². The predicted octanol–water partition coefficient (Wildman–Crippen LogP) is 4.36. The SMILES string of the molecule is CS(=O)(Cc1c(F)cccc1F)=Nc1ccc(-c2noc(C(F)(F)F)n2)nc1. The van der Waals surface area contributed by atoms with Gasteiger partial charge in [0.15, 0.2) is 0 Å². The summed E-state index contributed by atoms with van der Waals surface area (Å²) in [5.41, 5.74) is -0.275. The number of hydrogen-bond acceptors (Lipinski definition) is 6.